The van der Waals surface area contributed by atoms with E-state index in [9.17, 15) is 9.18 Å². The van der Waals surface area contributed by atoms with Gasteiger partial charge in [-0.15, -0.1) is 0 Å². The number of nitrogens with one attached hydrogen (secondary N) is 1. The molecule has 4 rings (SSSR count). The van der Waals surface area contributed by atoms with Crippen LogP contribution < -0.4 is 5.32 Å². The standard InChI is InChI=1S/C22H14BrFN4O/c23-16-6-7-19(18(24)12-16)27-22(29)17-13-26-21(15-4-2-1-3-5-15)28-20(17)14-8-10-25-11-9-14/h1-13H,(H,27,29). The van der Waals surface area contributed by atoms with Crippen LogP contribution in [0.15, 0.2) is 83.7 Å². The van der Waals surface area contributed by atoms with Crippen molar-refractivity contribution in [3.8, 4) is 22.6 Å². The highest BCUT2D eigenvalue weighted by atomic mass is 79.9. The number of anilines is 1. The molecule has 0 spiro atoms. The summed E-state index contributed by atoms with van der Waals surface area (Å²) < 4.78 is 14.7. The molecule has 0 saturated carbocycles. The second-order valence-corrected chi connectivity index (χ2v) is 7.05. The molecular weight excluding hydrogens is 435 g/mol. The van der Waals surface area contributed by atoms with E-state index in [4.69, 9.17) is 0 Å². The number of rotatable bonds is 4. The van der Waals surface area contributed by atoms with Crippen LogP contribution >= 0.6 is 15.9 Å². The molecule has 0 fully saturated rings. The second kappa shape index (κ2) is 8.28. The summed E-state index contributed by atoms with van der Waals surface area (Å²) in [5.41, 5.74) is 2.29. The van der Waals surface area contributed by atoms with Gasteiger partial charge in [0, 0.05) is 34.2 Å². The molecule has 2 aromatic carbocycles. The fraction of sp³-hybridized carbons (Fsp3) is 0. The first kappa shape index (κ1) is 18.9. The van der Waals surface area contributed by atoms with Crippen molar-refractivity contribution in [2.75, 3.05) is 5.32 Å². The smallest absolute Gasteiger partial charge is 0.259 e. The molecule has 0 aliphatic carbocycles. The number of hydrogen-bond donors (Lipinski definition) is 1. The lowest BCUT2D eigenvalue weighted by atomic mass is 10.1. The van der Waals surface area contributed by atoms with Crippen molar-refractivity contribution < 1.29 is 9.18 Å². The van der Waals surface area contributed by atoms with E-state index in [1.165, 1.54) is 18.3 Å². The number of pyridine rings is 1. The van der Waals surface area contributed by atoms with Gasteiger partial charge < -0.3 is 5.32 Å². The van der Waals surface area contributed by atoms with Crippen LogP contribution in [0, 0.1) is 5.82 Å². The lowest BCUT2D eigenvalue weighted by molar-refractivity contribution is 0.102. The topological polar surface area (TPSA) is 67.8 Å². The van der Waals surface area contributed by atoms with E-state index in [1.54, 1.807) is 30.6 Å². The Balaban J connectivity index is 1.77. The summed E-state index contributed by atoms with van der Waals surface area (Å²) in [5, 5.41) is 2.59. The van der Waals surface area contributed by atoms with Gasteiger partial charge in [-0.2, -0.15) is 0 Å². The first-order chi connectivity index (χ1) is 14.1. The molecule has 0 radical (unpaired) electrons. The van der Waals surface area contributed by atoms with Crippen LogP contribution in [0.4, 0.5) is 10.1 Å². The normalized spacial score (nSPS) is 10.6. The third kappa shape index (κ3) is 4.20. The van der Waals surface area contributed by atoms with Gasteiger partial charge in [0.1, 0.15) is 5.82 Å². The Hall–Kier alpha value is -3.45. The predicted octanol–water partition coefficient (Wildman–Crippen LogP) is 5.36. The van der Waals surface area contributed by atoms with Crippen LogP contribution in [0.3, 0.4) is 0 Å². The van der Waals surface area contributed by atoms with Gasteiger partial charge in [-0.1, -0.05) is 46.3 Å². The number of amides is 1. The van der Waals surface area contributed by atoms with E-state index in [-0.39, 0.29) is 11.3 Å². The van der Waals surface area contributed by atoms with Gasteiger partial charge in [-0.05, 0) is 30.3 Å². The maximum absolute atomic E-state index is 14.2. The highest BCUT2D eigenvalue weighted by Crippen LogP contribution is 2.26. The SMILES string of the molecule is O=C(Nc1ccc(Br)cc1F)c1cnc(-c2ccccc2)nc1-c1ccncc1. The summed E-state index contributed by atoms with van der Waals surface area (Å²) in [4.78, 5) is 25.9. The lowest BCUT2D eigenvalue weighted by Crippen LogP contribution is -2.15. The Kier molecular flexibility index (Phi) is 5.39. The van der Waals surface area contributed by atoms with Crippen molar-refractivity contribution in [2.45, 2.75) is 0 Å². The van der Waals surface area contributed by atoms with Crippen LogP contribution in [0.2, 0.25) is 0 Å². The van der Waals surface area contributed by atoms with Crippen molar-refractivity contribution in [1.29, 1.82) is 0 Å². The number of carbonyl (C=O) groups excluding carboxylic acids is 1. The molecule has 2 heterocycles. The van der Waals surface area contributed by atoms with Crippen LogP contribution in [0.5, 0.6) is 0 Å². The van der Waals surface area contributed by atoms with Gasteiger partial charge in [-0.3, -0.25) is 9.78 Å². The zero-order valence-electron chi connectivity index (χ0n) is 15.0. The molecule has 0 saturated heterocycles. The molecule has 1 N–H and O–H groups in total. The summed E-state index contributed by atoms with van der Waals surface area (Å²) in [6.07, 6.45) is 4.70. The molecule has 2 aromatic heterocycles. The average molecular weight is 449 g/mol. The van der Waals surface area contributed by atoms with E-state index in [0.717, 1.165) is 5.56 Å². The Bertz CT molecular complexity index is 1170. The summed E-state index contributed by atoms with van der Waals surface area (Å²) in [5.74, 6) is -0.554. The molecule has 0 aliphatic rings. The molecule has 0 atom stereocenters. The van der Waals surface area contributed by atoms with Gasteiger partial charge in [0.2, 0.25) is 0 Å². The summed E-state index contributed by atoms with van der Waals surface area (Å²) in [6.45, 7) is 0. The highest BCUT2D eigenvalue weighted by molar-refractivity contribution is 9.10. The van der Waals surface area contributed by atoms with Crippen molar-refractivity contribution in [1.82, 2.24) is 15.0 Å². The lowest BCUT2D eigenvalue weighted by Gasteiger charge is -2.12. The van der Waals surface area contributed by atoms with Gasteiger partial charge in [0.25, 0.3) is 5.91 Å². The summed E-state index contributed by atoms with van der Waals surface area (Å²) in [7, 11) is 0. The molecule has 7 heteroatoms. The Labute approximate surface area is 174 Å². The second-order valence-electron chi connectivity index (χ2n) is 6.14. The minimum absolute atomic E-state index is 0.0750. The zero-order valence-corrected chi connectivity index (χ0v) is 16.6. The van der Waals surface area contributed by atoms with Gasteiger partial charge in [-0.25, -0.2) is 14.4 Å². The van der Waals surface area contributed by atoms with E-state index < -0.39 is 11.7 Å². The van der Waals surface area contributed by atoms with Crippen molar-refractivity contribution >= 4 is 27.5 Å². The summed E-state index contributed by atoms with van der Waals surface area (Å²) in [6, 6.07) is 17.4. The predicted molar refractivity (Wildman–Crippen MR) is 113 cm³/mol. The molecule has 0 unspecified atom stereocenters. The number of hydrogen-bond acceptors (Lipinski definition) is 4. The van der Waals surface area contributed by atoms with Crippen LogP contribution in [0.1, 0.15) is 10.4 Å². The van der Waals surface area contributed by atoms with E-state index in [2.05, 4.69) is 36.2 Å². The number of halogens is 2. The molecule has 5 nitrogen and oxygen atoms in total. The fourth-order valence-corrected chi connectivity index (χ4v) is 3.12. The van der Waals surface area contributed by atoms with Gasteiger partial charge >= 0.3 is 0 Å². The molecule has 0 bridgehead atoms. The Morgan fingerprint density at radius 1 is 0.966 bits per heavy atom. The first-order valence-electron chi connectivity index (χ1n) is 8.71. The van der Waals surface area contributed by atoms with Gasteiger partial charge in [0.05, 0.1) is 16.9 Å². The zero-order chi connectivity index (χ0) is 20.2. The molecule has 4 aromatic rings. The third-order valence-corrected chi connectivity index (χ3v) is 4.69. The largest absolute Gasteiger partial charge is 0.319 e. The monoisotopic (exact) mass is 448 g/mol. The molecule has 29 heavy (non-hydrogen) atoms. The van der Waals surface area contributed by atoms with Gasteiger partial charge in [0.15, 0.2) is 5.82 Å². The van der Waals surface area contributed by atoms with E-state index in [0.29, 0.717) is 21.6 Å². The van der Waals surface area contributed by atoms with E-state index >= 15 is 0 Å². The molecule has 142 valence electrons. The number of carbonyl (C=O) groups is 1. The maximum Gasteiger partial charge on any atom is 0.259 e. The molecule has 0 aliphatic heterocycles. The average Bonchev–Trinajstić information content (AvgIpc) is 2.76. The van der Waals surface area contributed by atoms with Crippen LogP contribution in [-0.2, 0) is 0 Å². The quantitative estimate of drug-likeness (QED) is 0.456. The van der Waals surface area contributed by atoms with Crippen LogP contribution in [0.25, 0.3) is 22.6 Å². The maximum atomic E-state index is 14.2. The highest BCUT2D eigenvalue weighted by Gasteiger charge is 2.18. The molecule has 1 amide bonds. The Morgan fingerprint density at radius 3 is 2.45 bits per heavy atom. The fourth-order valence-electron chi connectivity index (χ4n) is 2.78. The molecular formula is C22H14BrFN4O. The number of nitrogens with zero attached hydrogens (tertiary/aromatic N) is 3. The summed E-state index contributed by atoms with van der Waals surface area (Å²) >= 11 is 3.20. The van der Waals surface area contributed by atoms with E-state index in [1.807, 2.05) is 30.3 Å². The van der Waals surface area contributed by atoms with Crippen molar-refractivity contribution in [3.63, 3.8) is 0 Å². The number of benzene rings is 2. The number of aromatic nitrogens is 3. The van der Waals surface area contributed by atoms with Crippen molar-refractivity contribution in [3.05, 3.63) is 95.1 Å². The Morgan fingerprint density at radius 2 is 1.72 bits per heavy atom. The third-order valence-electron chi connectivity index (χ3n) is 4.20. The minimum atomic E-state index is -0.542. The van der Waals surface area contributed by atoms with Crippen LogP contribution in [-0.4, -0.2) is 20.9 Å². The first-order valence-corrected chi connectivity index (χ1v) is 9.50. The minimum Gasteiger partial charge on any atom is -0.319 e. The van der Waals surface area contributed by atoms with Crippen molar-refractivity contribution in [2.24, 2.45) is 0 Å².